The third-order valence-electron chi connectivity index (χ3n) is 4.95. The molecule has 3 N–H and O–H groups in total. The smallest absolute Gasteiger partial charge is 0.329 e. The van der Waals surface area contributed by atoms with Gasteiger partial charge < -0.3 is 20.1 Å². The maximum atomic E-state index is 12.1. The van der Waals surface area contributed by atoms with Crippen LogP contribution in [-0.2, 0) is 14.4 Å². The van der Waals surface area contributed by atoms with Crippen LogP contribution in [0.4, 0.5) is 11.4 Å². The van der Waals surface area contributed by atoms with Crippen molar-refractivity contribution < 1.29 is 23.9 Å². The summed E-state index contributed by atoms with van der Waals surface area (Å²) in [4.78, 5) is 36.2. The van der Waals surface area contributed by atoms with E-state index in [0.717, 1.165) is 11.1 Å². The highest BCUT2D eigenvalue weighted by atomic mass is 16.5. The van der Waals surface area contributed by atoms with Crippen molar-refractivity contribution in [2.75, 3.05) is 24.4 Å². The van der Waals surface area contributed by atoms with Gasteiger partial charge in [0.2, 0.25) is 0 Å². The molecule has 0 saturated heterocycles. The van der Waals surface area contributed by atoms with E-state index < -0.39 is 11.8 Å². The van der Waals surface area contributed by atoms with Gasteiger partial charge in [-0.05, 0) is 79.1 Å². The highest BCUT2D eigenvalue weighted by Gasteiger charge is 2.13. The number of nitrogens with one attached hydrogen (secondary N) is 3. The van der Waals surface area contributed by atoms with Gasteiger partial charge in [-0.15, -0.1) is 0 Å². The molecule has 3 amide bonds. The zero-order valence-electron chi connectivity index (χ0n) is 19.6. The number of carbonyl (C=O) groups is 3. The lowest BCUT2D eigenvalue weighted by molar-refractivity contribution is -0.136. The summed E-state index contributed by atoms with van der Waals surface area (Å²) in [5.41, 5.74) is 6.03. The van der Waals surface area contributed by atoms with Gasteiger partial charge in [0.25, 0.3) is 5.91 Å². The largest absolute Gasteiger partial charge is 0.497 e. The molecule has 3 aromatic carbocycles. The van der Waals surface area contributed by atoms with E-state index in [0.29, 0.717) is 28.4 Å². The Kier molecular flexibility index (Phi) is 8.55. The number of benzene rings is 3. The number of hydrazone groups is 1. The molecule has 0 unspecified atom stereocenters. The summed E-state index contributed by atoms with van der Waals surface area (Å²) in [6, 6.07) is 19.1. The lowest BCUT2D eigenvalue weighted by Crippen LogP contribution is -2.32. The summed E-state index contributed by atoms with van der Waals surface area (Å²) < 4.78 is 10.6. The van der Waals surface area contributed by atoms with Crippen molar-refractivity contribution in [3.05, 3.63) is 83.4 Å². The van der Waals surface area contributed by atoms with Crippen molar-refractivity contribution in [1.29, 1.82) is 0 Å². The highest BCUT2D eigenvalue weighted by Crippen LogP contribution is 2.16. The SMILES string of the molecule is COc1ccc(NC(=O)COc2cccc(/C=N\NC(=O)C(=O)Nc3ccc(C)c(C)c3)c2)cc1. The fourth-order valence-corrected chi connectivity index (χ4v) is 2.93. The zero-order chi connectivity index (χ0) is 25.2. The minimum absolute atomic E-state index is 0.192. The van der Waals surface area contributed by atoms with Crippen LogP contribution in [0, 0.1) is 13.8 Å². The summed E-state index contributed by atoms with van der Waals surface area (Å²) in [6.07, 6.45) is 1.37. The Bertz CT molecular complexity index is 1240. The molecule has 0 aromatic heterocycles. The van der Waals surface area contributed by atoms with E-state index in [1.165, 1.54) is 6.21 Å². The second kappa shape index (κ2) is 12.0. The molecule has 35 heavy (non-hydrogen) atoms. The molecule has 0 fully saturated rings. The van der Waals surface area contributed by atoms with Crippen molar-refractivity contribution in [1.82, 2.24) is 5.43 Å². The van der Waals surface area contributed by atoms with Gasteiger partial charge in [0, 0.05) is 11.4 Å². The summed E-state index contributed by atoms with van der Waals surface area (Å²) in [6.45, 7) is 3.68. The molecule has 9 nitrogen and oxygen atoms in total. The fraction of sp³-hybridized carbons (Fsp3) is 0.154. The Balaban J connectivity index is 1.47. The van der Waals surface area contributed by atoms with Crippen LogP contribution in [0.5, 0.6) is 11.5 Å². The number of ether oxygens (including phenoxy) is 2. The van der Waals surface area contributed by atoms with Crippen molar-refractivity contribution in [3.63, 3.8) is 0 Å². The van der Waals surface area contributed by atoms with Crippen LogP contribution in [-0.4, -0.2) is 37.7 Å². The molecule has 0 spiro atoms. The van der Waals surface area contributed by atoms with Crippen LogP contribution in [0.15, 0.2) is 71.8 Å². The predicted molar refractivity (Wildman–Crippen MR) is 134 cm³/mol. The highest BCUT2D eigenvalue weighted by molar-refractivity contribution is 6.39. The molecule has 3 rings (SSSR count). The normalized spacial score (nSPS) is 10.5. The number of hydrogen-bond acceptors (Lipinski definition) is 6. The number of hydrogen-bond donors (Lipinski definition) is 3. The number of anilines is 2. The minimum Gasteiger partial charge on any atom is -0.497 e. The number of amides is 3. The van der Waals surface area contributed by atoms with E-state index in [-0.39, 0.29) is 12.5 Å². The van der Waals surface area contributed by atoms with Crippen LogP contribution in [0.3, 0.4) is 0 Å². The first-order chi connectivity index (χ1) is 16.8. The second-order valence-electron chi connectivity index (χ2n) is 7.59. The van der Waals surface area contributed by atoms with E-state index in [1.807, 2.05) is 19.9 Å². The Morgan fingerprint density at radius 2 is 1.57 bits per heavy atom. The van der Waals surface area contributed by atoms with E-state index in [2.05, 4.69) is 21.2 Å². The standard InChI is InChI=1S/C26H26N4O5/c1-17-7-8-21(13-18(17)2)29-25(32)26(33)30-27-15-19-5-4-6-23(14-19)35-16-24(31)28-20-9-11-22(34-3)12-10-20/h4-15H,16H2,1-3H3,(H,28,31)(H,29,32)(H,30,33)/b27-15-. The van der Waals surface area contributed by atoms with E-state index in [4.69, 9.17) is 9.47 Å². The molecule has 3 aromatic rings. The molecule has 0 heterocycles. The molecular formula is C26H26N4O5. The first-order valence-electron chi connectivity index (χ1n) is 10.7. The predicted octanol–water partition coefficient (Wildman–Crippen LogP) is 3.42. The molecule has 0 aliphatic rings. The Morgan fingerprint density at radius 3 is 2.29 bits per heavy atom. The number of nitrogens with zero attached hydrogens (tertiary/aromatic N) is 1. The molecule has 0 aliphatic carbocycles. The Hall–Kier alpha value is -4.66. The van der Waals surface area contributed by atoms with Gasteiger partial charge in [-0.2, -0.15) is 5.10 Å². The van der Waals surface area contributed by atoms with Gasteiger partial charge in [0.15, 0.2) is 6.61 Å². The van der Waals surface area contributed by atoms with Gasteiger partial charge in [0.1, 0.15) is 11.5 Å². The van der Waals surface area contributed by atoms with Gasteiger partial charge in [-0.3, -0.25) is 14.4 Å². The van der Waals surface area contributed by atoms with Crippen LogP contribution in [0.25, 0.3) is 0 Å². The summed E-state index contributed by atoms with van der Waals surface area (Å²) >= 11 is 0. The summed E-state index contributed by atoms with van der Waals surface area (Å²) in [5.74, 6) is -0.919. The summed E-state index contributed by atoms with van der Waals surface area (Å²) in [7, 11) is 1.57. The van der Waals surface area contributed by atoms with Crippen molar-refractivity contribution in [2.45, 2.75) is 13.8 Å². The molecule has 9 heteroatoms. The summed E-state index contributed by atoms with van der Waals surface area (Å²) in [5, 5.41) is 9.07. The Labute approximate surface area is 203 Å². The maximum absolute atomic E-state index is 12.1. The zero-order valence-corrected chi connectivity index (χ0v) is 19.6. The topological polar surface area (TPSA) is 118 Å². The first kappa shape index (κ1) is 25.0. The van der Waals surface area contributed by atoms with Crippen molar-refractivity contribution in [2.24, 2.45) is 5.10 Å². The van der Waals surface area contributed by atoms with E-state index >= 15 is 0 Å². The van der Waals surface area contributed by atoms with Crippen LogP contribution in [0.1, 0.15) is 16.7 Å². The van der Waals surface area contributed by atoms with Gasteiger partial charge in [0.05, 0.1) is 13.3 Å². The Morgan fingerprint density at radius 1 is 0.829 bits per heavy atom. The molecule has 0 bridgehead atoms. The maximum Gasteiger partial charge on any atom is 0.329 e. The lowest BCUT2D eigenvalue weighted by atomic mass is 10.1. The van der Waals surface area contributed by atoms with Crippen LogP contribution in [0.2, 0.25) is 0 Å². The molecule has 180 valence electrons. The van der Waals surface area contributed by atoms with Gasteiger partial charge in [-0.25, -0.2) is 5.43 Å². The van der Waals surface area contributed by atoms with Gasteiger partial charge in [-0.1, -0.05) is 18.2 Å². The first-order valence-corrected chi connectivity index (χ1v) is 10.7. The molecule has 0 atom stereocenters. The third-order valence-corrected chi connectivity index (χ3v) is 4.95. The number of rotatable bonds is 8. The molecule has 0 saturated carbocycles. The monoisotopic (exact) mass is 474 g/mol. The van der Waals surface area contributed by atoms with Gasteiger partial charge >= 0.3 is 11.8 Å². The number of methoxy groups -OCH3 is 1. The molecule has 0 radical (unpaired) electrons. The average molecular weight is 475 g/mol. The fourth-order valence-electron chi connectivity index (χ4n) is 2.93. The van der Waals surface area contributed by atoms with E-state index in [9.17, 15) is 14.4 Å². The quantitative estimate of drug-likeness (QED) is 0.263. The van der Waals surface area contributed by atoms with E-state index in [1.54, 1.807) is 67.8 Å². The number of carbonyl (C=O) groups excluding carboxylic acids is 3. The molecule has 0 aliphatic heterocycles. The molecular weight excluding hydrogens is 448 g/mol. The van der Waals surface area contributed by atoms with Crippen LogP contribution < -0.4 is 25.5 Å². The minimum atomic E-state index is -0.901. The lowest BCUT2D eigenvalue weighted by Gasteiger charge is -2.08. The second-order valence-corrected chi connectivity index (χ2v) is 7.59. The van der Waals surface area contributed by atoms with Crippen LogP contribution >= 0.6 is 0 Å². The number of aryl methyl sites for hydroxylation is 2. The third kappa shape index (κ3) is 7.71. The average Bonchev–Trinajstić information content (AvgIpc) is 2.85. The van der Waals surface area contributed by atoms with Crippen molar-refractivity contribution >= 4 is 35.3 Å². The van der Waals surface area contributed by atoms with Crippen molar-refractivity contribution in [3.8, 4) is 11.5 Å².